The van der Waals surface area contributed by atoms with E-state index in [9.17, 15) is 9.59 Å². The molecule has 1 aromatic carbocycles. The highest BCUT2D eigenvalue weighted by molar-refractivity contribution is 5.97. The summed E-state index contributed by atoms with van der Waals surface area (Å²) >= 11 is 0. The SMILES string of the molecule is N#CCNC(=O)[C@H](Cc1ccccc1)NC(=O)c1cncnc1. The van der Waals surface area contributed by atoms with Crippen LogP contribution in [0.1, 0.15) is 15.9 Å². The van der Waals surface area contributed by atoms with Gasteiger partial charge in [0.25, 0.3) is 5.91 Å². The maximum Gasteiger partial charge on any atom is 0.255 e. The van der Waals surface area contributed by atoms with Crippen molar-refractivity contribution in [2.75, 3.05) is 6.54 Å². The molecule has 0 saturated carbocycles. The second kappa shape index (κ2) is 8.24. The normalized spacial score (nSPS) is 11.1. The molecule has 23 heavy (non-hydrogen) atoms. The van der Waals surface area contributed by atoms with Gasteiger partial charge in [0.1, 0.15) is 18.9 Å². The first-order valence-corrected chi connectivity index (χ1v) is 6.95. The number of benzene rings is 1. The van der Waals surface area contributed by atoms with Gasteiger partial charge in [0, 0.05) is 18.8 Å². The summed E-state index contributed by atoms with van der Waals surface area (Å²) in [5.41, 5.74) is 1.16. The highest BCUT2D eigenvalue weighted by Gasteiger charge is 2.21. The highest BCUT2D eigenvalue weighted by atomic mass is 16.2. The van der Waals surface area contributed by atoms with E-state index in [-0.39, 0.29) is 12.1 Å². The molecule has 7 nitrogen and oxygen atoms in total. The Morgan fingerprint density at radius 3 is 2.52 bits per heavy atom. The van der Waals surface area contributed by atoms with Gasteiger partial charge < -0.3 is 10.6 Å². The van der Waals surface area contributed by atoms with Crippen LogP contribution in [0.25, 0.3) is 0 Å². The van der Waals surface area contributed by atoms with E-state index in [2.05, 4.69) is 20.6 Å². The number of hydrogen-bond donors (Lipinski definition) is 2. The molecule has 0 saturated heterocycles. The first kappa shape index (κ1) is 16.1. The third-order valence-electron chi connectivity index (χ3n) is 3.07. The summed E-state index contributed by atoms with van der Waals surface area (Å²) < 4.78 is 0. The predicted molar refractivity (Wildman–Crippen MR) is 82.1 cm³/mol. The summed E-state index contributed by atoms with van der Waals surface area (Å²) in [4.78, 5) is 31.9. The minimum absolute atomic E-state index is 0.117. The monoisotopic (exact) mass is 309 g/mol. The lowest BCUT2D eigenvalue weighted by Crippen LogP contribution is -2.48. The molecule has 1 aromatic heterocycles. The second-order valence-electron chi connectivity index (χ2n) is 4.72. The molecule has 2 rings (SSSR count). The molecule has 7 heteroatoms. The molecule has 0 bridgehead atoms. The number of nitriles is 1. The van der Waals surface area contributed by atoms with Crippen molar-refractivity contribution in [3.05, 3.63) is 60.2 Å². The number of aromatic nitrogens is 2. The standard InChI is InChI=1S/C16H15N5O2/c17-6-7-20-16(23)14(8-12-4-2-1-3-5-12)21-15(22)13-9-18-11-19-10-13/h1-5,9-11,14H,7-8H2,(H,20,23)(H,21,22)/t14-/m0/s1. The van der Waals surface area contributed by atoms with Gasteiger partial charge in [-0.3, -0.25) is 9.59 Å². The molecule has 0 fully saturated rings. The number of hydrogen-bond acceptors (Lipinski definition) is 5. The van der Waals surface area contributed by atoms with Gasteiger partial charge in [0.15, 0.2) is 0 Å². The van der Waals surface area contributed by atoms with E-state index in [4.69, 9.17) is 5.26 Å². The molecule has 0 aliphatic carbocycles. The number of carbonyl (C=O) groups is 2. The van der Waals surface area contributed by atoms with E-state index < -0.39 is 17.9 Å². The zero-order valence-electron chi connectivity index (χ0n) is 12.3. The molecule has 116 valence electrons. The van der Waals surface area contributed by atoms with Gasteiger partial charge in [-0.1, -0.05) is 30.3 Å². The maximum atomic E-state index is 12.2. The van der Waals surface area contributed by atoms with E-state index in [1.807, 2.05) is 36.4 Å². The molecular weight excluding hydrogens is 294 g/mol. The molecule has 2 aromatic rings. The van der Waals surface area contributed by atoms with Crippen molar-refractivity contribution in [3.8, 4) is 6.07 Å². The van der Waals surface area contributed by atoms with Crippen LogP contribution in [0.4, 0.5) is 0 Å². The number of nitrogens with zero attached hydrogens (tertiary/aromatic N) is 3. The first-order valence-electron chi connectivity index (χ1n) is 6.95. The minimum Gasteiger partial charge on any atom is -0.341 e. The Kier molecular flexibility index (Phi) is 5.77. The average Bonchev–Trinajstić information content (AvgIpc) is 2.60. The van der Waals surface area contributed by atoms with Crippen LogP contribution < -0.4 is 10.6 Å². The van der Waals surface area contributed by atoms with Crippen LogP contribution in [0.15, 0.2) is 49.1 Å². The quantitative estimate of drug-likeness (QED) is 0.754. The van der Waals surface area contributed by atoms with Gasteiger partial charge in [-0.25, -0.2) is 9.97 Å². The Labute approximate surface area is 133 Å². The molecular formula is C16H15N5O2. The fourth-order valence-corrected chi connectivity index (χ4v) is 1.97. The summed E-state index contributed by atoms with van der Waals surface area (Å²) in [6, 6.07) is 10.3. The molecule has 2 amide bonds. The summed E-state index contributed by atoms with van der Waals surface area (Å²) in [5, 5.41) is 13.7. The van der Waals surface area contributed by atoms with Crippen LogP contribution in [0.2, 0.25) is 0 Å². The van der Waals surface area contributed by atoms with E-state index in [0.29, 0.717) is 6.42 Å². The van der Waals surface area contributed by atoms with Gasteiger partial charge >= 0.3 is 0 Å². The van der Waals surface area contributed by atoms with Gasteiger partial charge in [-0.15, -0.1) is 0 Å². The third-order valence-corrected chi connectivity index (χ3v) is 3.07. The molecule has 0 spiro atoms. The van der Waals surface area contributed by atoms with Gasteiger partial charge in [0.05, 0.1) is 11.6 Å². The zero-order chi connectivity index (χ0) is 16.5. The van der Waals surface area contributed by atoms with Gasteiger partial charge in [-0.05, 0) is 5.56 Å². The zero-order valence-corrected chi connectivity index (χ0v) is 12.3. The lowest BCUT2D eigenvalue weighted by molar-refractivity contribution is -0.122. The number of rotatable bonds is 6. The van der Waals surface area contributed by atoms with Gasteiger partial charge in [-0.2, -0.15) is 5.26 Å². The Morgan fingerprint density at radius 2 is 1.87 bits per heavy atom. The van der Waals surface area contributed by atoms with Crippen molar-refractivity contribution >= 4 is 11.8 Å². The lowest BCUT2D eigenvalue weighted by Gasteiger charge is -2.17. The van der Waals surface area contributed by atoms with E-state index in [0.717, 1.165) is 5.56 Å². The molecule has 0 aliphatic heterocycles. The predicted octanol–water partition coefficient (Wildman–Crippen LogP) is 0.457. The van der Waals surface area contributed by atoms with Crippen molar-refractivity contribution in [2.45, 2.75) is 12.5 Å². The van der Waals surface area contributed by atoms with Crippen molar-refractivity contribution in [1.29, 1.82) is 5.26 Å². The Bertz CT molecular complexity index is 697. The lowest BCUT2D eigenvalue weighted by atomic mass is 10.0. The molecule has 0 aliphatic rings. The van der Waals surface area contributed by atoms with Crippen molar-refractivity contribution in [3.63, 3.8) is 0 Å². The maximum absolute atomic E-state index is 12.2. The molecule has 0 unspecified atom stereocenters. The van der Waals surface area contributed by atoms with Crippen LogP contribution in [0.5, 0.6) is 0 Å². The summed E-state index contributed by atoms with van der Waals surface area (Å²) in [6.07, 6.45) is 4.37. The van der Waals surface area contributed by atoms with Crippen LogP contribution in [-0.4, -0.2) is 34.4 Å². The summed E-state index contributed by atoms with van der Waals surface area (Å²) in [7, 11) is 0. The summed E-state index contributed by atoms with van der Waals surface area (Å²) in [5.74, 6) is -0.862. The topological polar surface area (TPSA) is 108 Å². The minimum atomic E-state index is -0.793. The molecule has 1 heterocycles. The van der Waals surface area contributed by atoms with Crippen LogP contribution in [0.3, 0.4) is 0 Å². The summed E-state index contributed by atoms with van der Waals surface area (Å²) in [6.45, 7) is -0.117. The highest BCUT2D eigenvalue weighted by Crippen LogP contribution is 2.05. The van der Waals surface area contributed by atoms with E-state index >= 15 is 0 Å². The second-order valence-corrected chi connectivity index (χ2v) is 4.72. The van der Waals surface area contributed by atoms with Crippen LogP contribution >= 0.6 is 0 Å². The van der Waals surface area contributed by atoms with Crippen molar-refractivity contribution in [2.24, 2.45) is 0 Å². The van der Waals surface area contributed by atoms with Gasteiger partial charge in [0.2, 0.25) is 5.91 Å². The van der Waals surface area contributed by atoms with Crippen molar-refractivity contribution < 1.29 is 9.59 Å². The largest absolute Gasteiger partial charge is 0.341 e. The number of nitrogens with one attached hydrogen (secondary N) is 2. The Balaban J connectivity index is 2.11. The van der Waals surface area contributed by atoms with Crippen molar-refractivity contribution in [1.82, 2.24) is 20.6 Å². The number of carbonyl (C=O) groups excluding carboxylic acids is 2. The molecule has 1 atom stereocenters. The van der Waals surface area contributed by atoms with E-state index in [1.54, 1.807) is 0 Å². The number of amides is 2. The fourth-order valence-electron chi connectivity index (χ4n) is 1.97. The Morgan fingerprint density at radius 1 is 1.17 bits per heavy atom. The smallest absolute Gasteiger partial charge is 0.255 e. The van der Waals surface area contributed by atoms with E-state index in [1.165, 1.54) is 18.7 Å². The third kappa shape index (κ3) is 4.89. The first-order chi connectivity index (χ1) is 11.2. The average molecular weight is 309 g/mol. The van der Waals surface area contributed by atoms with Crippen LogP contribution in [0, 0.1) is 11.3 Å². The molecule has 2 N–H and O–H groups in total. The Hall–Kier alpha value is -3.27. The molecule has 0 radical (unpaired) electrons. The fraction of sp³-hybridized carbons (Fsp3) is 0.188. The van der Waals surface area contributed by atoms with Crippen LogP contribution in [-0.2, 0) is 11.2 Å².